The number of imidazole rings is 1. The smallest absolute Gasteiger partial charge is 0.179 e. The first-order valence-electron chi connectivity index (χ1n) is 8.10. The van der Waals surface area contributed by atoms with E-state index in [1.54, 1.807) is 12.4 Å². The van der Waals surface area contributed by atoms with Crippen molar-refractivity contribution >= 4 is 11.0 Å². The van der Waals surface area contributed by atoms with Crippen molar-refractivity contribution in [2.75, 3.05) is 0 Å². The van der Waals surface area contributed by atoms with E-state index in [0.29, 0.717) is 5.82 Å². The van der Waals surface area contributed by atoms with Crippen molar-refractivity contribution in [2.24, 2.45) is 0 Å². The standard InChI is InChI=1S/C19H13N7/c1-4-16(5-2-14(1)19-22-24-25-23-19)26-12-21-17-6-3-15(11-18(17)26)13-7-9-20-10-8-13/h1-12H,(H,22,23,24,25). The Morgan fingerprint density at radius 2 is 1.62 bits per heavy atom. The summed E-state index contributed by atoms with van der Waals surface area (Å²) in [6.07, 6.45) is 5.44. The fraction of sp³-hybridized carbons (Fsp3) is 0. The van der Waals surface area contributed by atoms with E-state index in [9.17, 15) is 0 Å². The zero-order chi connectivity index (χ0) is 17.3. The summed E-state index contributed by atoms with van der Waals surface area (Å²) < 4.78 is 2.07. The van der Waals surface area contributed by atoms with Gasteiger partial charge in [-0.05, 0) is 70.1 Å². The van der Waals surface area contributed by atoms with Crippen molar-refractivity contribution in [3.8, 4) is 28.2 Å². The number of fused-ring (bicyclic) bond motifs is 1. The van der Waals surface area contributed by atoms with E-state index < -0.39 is 0 Å². The molecule has 0 fully saturated rings. The number of hydrogen-bond acceptors (Lipinski definition) is 5. The number of tetrazole rings is 1. The van der Waals surface area contributed by atoms with Gasteiger partial charge in [0.15, 0.2) is 5.82 Å². The van der Waals surface area contributed by atoms with Crippen LogP contribution in [0, 0.1) is 0 Å². The van der Waals surface area contributed by atoms with Gasteiger partial charge in [-0.25, -0.2) is 10.1 Å². The summed E-state index contributed by atoms with van der Waals surface area (Å²) in [6, 6.07) is 18.3. The molecule has 0 bridgehead atoms. The summed E-state index contributed by atoms with van der Waals surface area (Å²) in [6.45, 7) is 0. The number of pyridine rings is 1. The molecule has 5 rings (SSSR count). The summed E-state index contributed by atoms with van der Waals surface area (Å²) in [5, 5.41) is 13.9. The molecular weight excluding hydrogens is 326 g/mol. The maximum atomic E-state index is 4.51. The Balaban J connectivity index is 1.58. The van der Waals surface area contributed by atoms with E-state index in [2.05, 4.69) is 47.3 Å². The van der Waals surface area contributed by atoms with Gasteiger partial charge in [0.05, 0.1) is 11.0 Å². The van der Waals surface area contributed by atoms with E-state index >= 15 is 0 Å². The molecular formula is C19H13N7. The molecule has 0 saturated carbocycles. The van der Waals surface area contributed by atoms with E-state index in [4.69, 9.17) is 0 Å². The quantitative estimate of drug-likeness (QED) is 0.545. The number of benzene rings is 2. The van der Waals surface area contributed by atoms with E-state index in [1.807, 2.05) is 48.8 Å². The highest BCUT2D eigenvalue weighted by atomic mass is 15.5. The maximum absolute atomic E-state index is 4.51. The molecule has 0 unspecified atom stereocenters. The van der Waals surface area contributed by atoms with Crippen LogP contribution in [-0.4, -0.2) is 35.2 Å². The first-order chi connectivity index (χ1) is 12.9. The molecule has 0 aliphatic rings. The molecule has 7 heteroatoms. The highest BCUT2D eigenvalue weighted by Gasteiger charge is 2.08. The lowest BCUT2D eigenvalue weighted by molar-refractivity contribution is 0.881. The molecule has 0 radical (unpaired) electrons. The first-order valence-corrected chi connectivity index (χ1v) is 8.10. The molecule has 0 amide bonds. The molecule has 0 spiro atoms. The lowest BCUT2D eigenvalue weighted by Crippen LogP contribution is -1.92. The van der Waals surface area contributed by atoms with Crippen LogP contribution in [0.3, 0.4) is 0 Å². The topological polar surface area (TPSA) is 85.2 Å². The van der Waals surface area contributed by atoms with E-state index in [1.165, 1.54) is 0 Å². The molecule has 5 aromatic rings. The number of H-pyrrole nitrogens is 1. The predicted octanol–water partition coefficient (Wildman–Crippen LogP) is 3.27. The van der Waals surface area contributed by atoms with Crippen LogP contribution in [0.1, 0.15) is 0 Å². The molecule has 124 valence electrons. The van der Waals surface area contributed by atoms with Gasteiger partial charge in [-0.2, -0.15) is 0 Å². The van der Waals surface area contributed by atoms with Crippen LogP contribution < -0.4 is 0 Å². The molecule has 0 aliphatic carbocycles. The van der Waals surface area contributed by atoms with Gasteiger partial charge in [0.2, 0.25) is 0 Å². The molecule has 7 nitrogen and oxygen atoms in total. The van der Waals surface area contributed by atoms with E-state index in [-0.39, 0.29) is 0 Å². The van der Waals surface area contributed by atoms with Crippen LogP contribution in [0.4, 0.5) is 0 Å². The Bertz CT molecular complexity index is 1160. The summed E-state index contributed by atoms with van der Waals surface area (Å²) in [5.41, 5.74) is 6.21. The number of nitrogens with zero attached hydrogens (tertiary/aromatic N) is 6. The highest BCUT2D eigenvalue weighted by molar-refractivity contribution is 5.83. The van der Waals surface area contributed by atoms with Gasteiger partial charge in [-0.15, -0.1) is 5.10 Å². The average Bonchev–Trinajstić information content (AvgIpc) is 3.38. The normalized spacial score (nSPS) is 11.1. The van der Waals surface area contributed by atoms with Gasteiger partial charge >= 0.3 is 0 Å². The highest BCUT2D eigenvalue weighted by Crippen LogP contribution is 2.26. The van der Waals surface area contributed by atoms with Crippen LogP contribution in [0.25, 0.3) is 39.2 Å². The summed E-state index contributed by atoms with van der Waals surface area (Å²) in [5.74, 6) is 0.645. The number of hydrogen-bond donors (Lipinski definition) is 1. The van der Waals surface area contributed by atoms with Gasteiger partial charge in [-0.3, -0.25) is 9.55 Å². The Morgan fingerprint density at radius 1 is 0.808 bits per heavy atom. The monoisotopic (exact) mass is 339 g/mol. The molecule has 0 saturated heterocycles. The first kappa shape index (κ1) is 14.5. The van der Waals surface area contributed by atoms with Crippen LogP contribution in [-0.2, 0) is 0 Å². The summed E-state index contributed by atoms with van der Waals surface area (Å²) in [7, 11) is 0. The Labute approximate surface area is 148 Å². The zero-order valence-electron chi connectivity index (χ0n) is 13.6. The van der Waals surface area contributed by atoms with Crippen molar-refractivity contribution < 1.29 is 0 Å². The van der Waals surface area contributed by atoms with Crippen LogP contribution in [0.2, 0.25) is 0 Å². The second-order valence-corrected chi connectivity index (χ2v) is 5.85. The minimum absolute atomic E-state index is 0.645. The second kappa shape index (κ2) is 5.89. The largest absolute Gasteiger partial charge is 0.299 e. The lowest BCUT2D eigenvalue weighted by atomic mass is 10.1. The fourth-order valence-electron chi connectivity index (χ4n) is 3.00. The molecule has 2 aromatic carbocycles. The lowest BCUT2D eigenvalue weighted by Gasteiger charge is -2.07. The van der Waals surface area contributed by atoms with Gasteiger partial charge in [0, 0.05) is 23.6 Å². The minimum atomic E-state index is 0.645. The summed E-state index contributed by atoms with van der Waals surface area (Å²) in [4.78, 5) is 8.60. The number of nitrogens with one attached hydrogen (secondary N) is 1. The van der Waals surface area contributed by atoms with Crippen molar-refractivity contribution in [1.82, 2.24) is 35.2 Å². The Morgan fingerprint density at radius 3 is 2.38 bits per heavy atom. The third kappa shape index (κ3) is 2.42. The Hall–Kier alpha value is -3.87. The number of rotatable bonds is 3. The van der Waals surface area contributed by atoms with Gasteiger partial charge in [0.25, 0.3) is 0 Å². The maximum Gasteiger partial charge on any atom is 0.179 e. The molecule has 0 aliphatic heterocycles. The van der Waals surface area contributed by atoms with Crippen molar-refractivity contribution in [1.29, 1.82) is 0 Å². The third-order valence-corrected chi connectivity index (χ3v) is 4.33. The zero-order valence-corrected chi connectivity index (χ0v) is 13.6. The molecule has 26 heavy (non-hydrogen) atoms. The second-order valence-electron chi connectivity index (χ2n) is 5.85. The minimum Gasteiger partial charge on any atom is -0.299 e. The third-order valence-electron chi connectivity index (χ3n) is 4.33. The van der Waals surface area contributed by atoms with Gasteiger partial charge in [0.1, 0.15) is 6.33 Å². The average molecular weight is 339 g/mol. The molecule has 1 N–H and O–H groups in total. The molecule has 3 aromatic heterocycles. The SMILES string of the molecule is c1cc(-c2ccc3ncn(-c4ccc(-c5nnn[nH]5)cc4)c3c2)ccn1. The van der Waals surface area contributed by atoms with Crippen molar-refractivity contribution in [3.05, 3.63) is 73.3 Å². The van der Waals surface area contributed by atoms with Crippen LogP contribution in [0.5, 0.6) is 0 Å². The van der Waals surface area contributed by atoms with Crippen LogP contribution >= 0.6 is 0 Å². The van der Waals surface area contributed by atoms with Crippen molar-refractivity contribution in [2.45, 2.75) is 0 Å². The number of aromatic nitrogens is 7. The van der Waals surface area contributed by atoms with E-state index in [0.717, 1.165) is 33.4 Å². The Kier molecular flexibility index (Phi) is 3.28. The summed E-state index contributed by atoms with van der Waals surface area (Å²) >= 11 is 0. The fourth-order valence-corrected chi connectivity index (χ4v) is 3.00. The van der Waals surface area contributed by atoms with Crippen LogP contribution in [0.15, 0.2) is 73.3 Å². The van der Waals surface area contributed by atoms with Crippen molar-refractivity contribution in [3.63, 3.8) is 0 Å². The number of aromatic amines is 1. The van der Waals surface area contributed by atoms with Gasteiger partial charge in [-0.1, -0.05) is 6.07 Å². The predicted molar refractivity (Wildman–Crippen MR) is 97.5 cm³/mol. The van der Waals surface area contributed by atoms with Gasteiger partial charge < -0.3 is 0 Å². The molecule has 3 heterocycles. The molecule has 0 atom stereocenters.